The van der Waals surface area contributed by atoms with E-state index in [2.05, 4.69) is 16.9 Å². The van der Waals surface area contributed by atoms with E-state index >= 15 is 0 Å². The number of hydrogen-bond acceptors (Lipinski definition) is 3. The smallest absolute Gasteiger partial charge is 0.254 e. The quantitative estimate of drug-likeness (QED) is 0.930. The van der Waals surface area contributed by atoms with Crippen LogP contribution in [0.25, 0.3) is 11.3 Å². The van der Waals surface area contributed by atoms with Gasteiger partial charge in [-0.25, -0.2) is 4.98 Å². The molecule has 0 bridgehead atoms. The maximum atomic E-state index is 12.1. The monoisotopic (exact) mass is 272 g/mol. The van der Waals surface area contributed by atoms with Crippen LogP contribution in [0.15, 0.2) is 23.0 Å². The van der Waals surface area contributed by atoms with Gasteiger partial charge in [0.2, 0.25) is 0 Å². The first-order chi connectivity index (χ1) is 9.56. The van der Waals surface area contributed by atoms with Gasteiger partial charge in [0.15, 0.2) is 0 Å². The lowest BCUT2D eigenvalue weighted by Crippen LogP contribution is -2.16. The van der Waals surface area contributed by atoms with E-state index in [9.17, 15) is 4.79 Å². The van der Waals surface area contributed by atoms with Crippen LogP contribution < -0.4 is 10.3 Å². The van der Waals surface area contributed by atoms with Crippen LogP contribution in [0, 0.1) is 13.8 Å². The first-order valence-electron chi connectivity index (χ1n) is 6.81. The van der Waals surface area contributed by atoms with E-state index in [0.717, 1.165) is 35.5 Å². The Bertz CT molecular complexity index is 675. The minimum atomic E-state index is -0.0815. The van der Waals surface area contributed by atoms with Crippen LogP contribution in [0.2, 0.25) is 0 Å². The van der Waals surface area contributed by atoms with Crippen molar-refractivity contribution in [2.75, 3.05) is 7.11 Å². The van der Waals surface area contributed by atoms with Gasteiger partial charge in [-0.15, -0.1) is 0 Å². The molecule has 2 aromatic rings. The summed E-state index contributed by atoms with van der Waals surface area (Å²) in [4.78, 5) is 19.5. The molecule has 0 aliphatic carbocycles. The van der Waals surface area contributed by atoms with Gasteiger partial charge in [-0.1, -0.05) is 18.6 Å². The standard InChI is InChI=1S/C16H20N2O2/c1-5-6-14-17-15(11(3)16(19)18-14)12-9-10(2)7-8-13(12)20-4/h7-9H,5-6H2,1-4H3,(H,17,18,19). The summed E-state index contributed by atoms with van der Waals surface area (Å²) in [7, 11) is 1.63. The minimum absolute atomic E-state index is 0.0815. The van der Waals surface area contributed by atoms with Crippen LogP contribution >= 0.6 is 0 Å². The minimum Gasteiger partial charge on any atom is -0.496 e. The molecule has 4 heteroatoms. The first-order valence-corrected chi connectivity index (χ1v) is 6.81. The predicted molar refractivity (Wildman–Crippen MR) is 80.3 cm³/mol. The first kappa shape index (κ1) is 14.3. The number of aryl methyl sites for hydroxylation is 2. The highest BCUT2D eigenvalue weighted by Gasteiger charge is 2.14. The molecular formula is C16H20N2O2. The van der Waals surface area contributed by atoms with Crippen molar-refractivity contribution in [1.29, 1.82) is 0 Å². The zero-order valence-electron chi connectivity index (χ0n) is 12.4. The van der Waals surface area contributed by atoms with Crippen molar-refractivity contribution in [1.82, 2.24) is 9.97 Å². The second-order valence-electron chi connectivity index (χ2n) is 4.94. The lowest BCUT2D eigenvalue weighted by Gasteiger charge is -2.12. The number of rotatable bonds is 4. The molecule has 0 amide bonds. The number of aromatic amines is 1. The number of aromatic nitrogens is 2. The van der Waals surface area contributed by atoms with Crippen LogP contribution in [0.3, 0.4) is 0 Å². The summed E-state index contributed by atoms with van der Waals surface area (Å²) in [5, 5.41) is 0. The summed E-state index contributed by atoms with van der Waals surface area (Å²) in [5.41, 5.74) is 3.22. The molecule has 0 saturated heterocycles. The molecule has 2 rings (SSSR count). The molecule has 0 aliphatic rings. The molecule has 0 saturated carbocycles. The van der Waals surface area contributed by atoms with E-state index in [4.69, 9.17) is 4.74 Å². The van der Waals surface area contributed by atoms with E-state index in [0.29, 0.717) is 11.3 Å². The fraction of sp³-hybridized carbons (Fsp3) is 0.375. The number of nitrogens with zero attached hydrogens (tertiary/aromatic N) is 1. The van der Waals surface area contributed by atoms with Gasteiger partial charge in [0.1, 0.15) is 11.6 Å². The molecule has 0 atom stereocenters. The predicted octanol–water partition coefficient (Wildman–Crippen LogP) is 3.01. The lowest BCUT2D eigenvalue weighted by atomic mass is 10.0. The van der Waals surface area contributed by atoms with Gasteiger partial charge in [0, 0.05) is 17.5 Å². The Hall–Kier alpha value is -2.10. The summed E-state index contributed by atoms with van der Waals surface area (Å²) < 4.78 is 5.40. The highest BCUT2D eigenvalue weighted by molar-refractivity contribution is 5.70. The average Bonchev–Trinajstić information content (AvgIpc) is 2.43. The van der Waals surface area contributed by atoms with Gasteiger partial charge in [0.25, 0.3) is 5.56 Å². The average molecular weight is 272 g/mol. The number of methoxy groups -OCH3 is 1. The zero-order valence-corrected chi connectivity index (χ0v) is 12.4. The summed E-state index contributed by atoms with van der Waals surface area (Å²) in [5.74, 6) is 1.46. The van der Waals surface area contributed by atoms with Gasteiger partial charge in [0.05, 0.1) is 12.8 Å². The van der Waals surface area contributed by atoms with Gasteiger partial charge >= 0.3 is 0 Å². The molecular weight excluding hydrogens is 252 g/mol. The molecule has 0 radical (unpaired) electrons. The Kier molecular flexibility index (Phi) is 4.23. The van der Waals surface area contributed by atoms with E-state index < -0.39 is 0 Å². The van der Waals surface area contributed by atoms with Crippen LogP contribution in [-0.2, 0) is 6.42 Å². The molecule has 106 valence electrons. The Labute approximate surface area is 118 Å². The molecule has 20 heavy (non-hydrogen) atoms. The Morgan fingerprint density at radius 3 is 2.70 bits per heavy atom. The van der Waals surface area contributed by atoms with Gasteiger partial charge < -0.3 is 9.72 Å². The van der Waals surface area contributed by atoms with Gasteiger partial charge in [-0.3, -0.25) is 4.79 Å². The van der Waals surface area contributed by atoms with Crippen molar-refractivity contribution in [2.24, 2.45) is 0 Å². The highest BCUT2D eigenvalue weighted by Crippen LogP contribution is 2.30. The van der Waals surface area contributed by atoms with Crippen LogP contribution in [0.5, 0.6) is 5.75 Å². The second kappa shape index (κ2) is 5.90. The summed E-state index contributed by atoms with van der Waals surface area (Å²) >= 11 is 0. The Balaban J connectivity index is 2.68. The maximum Gasteiger partial charge on any atom is 0.254 e. The molecule has 1 heterocycles. The lowest BCUT2D eigenvalue weighted by molar-refractivity contribution is 0.416. The van der Waals surface area contributed by atoms with Crippen molar-refractivity contribution in [3.8, 4) is 17.0 Å². The largest absolute Gasteiger partial charge is 0.496 e. The number of ether oxygens (including phenoxy) is 1. The summed E-state index contributed by atoms with van der Waals surface area (Å²) in [6.07, 6.45) is 1.70. The fourth-order valence-electron chi connectivity index (χ4n) is 2.20. The Morgan fingerprint density at radius 2 is 2.05 bits per heavy atom. The van der Waals surface area contributed by atoms with E-state index in [1.165, 1.54) is 0 Å². The molecule has 0 aliphatic heterocycles. The molecule has 0 fully saturated rings. The Morgan fingerprint density at radius 1 is 1.30 bits per heavy atom. The zero-order chi connectivity index (χ0) is 14.7. The van der Waals surface area contributed by atoms with Crippen LogP contribution in [-0.4, -0.2) is 17.1 Å². The molecule has 1 aromatic heterocycles. The van der Waals surface area contributed by atoms with Crippen molar-refractivity contribution in [3.05, 3.63) is 45.5 Å². The van der Waals surface area contributed by atoms with Crippen LogP contribution in [0.4, 0.5) is 0 Å². The third kappa shape index (κ3) is 2.74. The van der Waals surface area contributed by atoms with E-state index in [1.54, 1.807) is 14.0 Å². The van der Waals surface area contributed by atoms with Crippen molar-refractivity contribution >= 4 is 0 Å². The molecule has 1 N–H and O–H groups in total. The van der Waals surface area contributed by atoms with Crippen molar-refractivity contribution in [3.63, 3.8) is 0 Å². The normalized spacial score (nSPS) is 10.6. The van der Waals surface area contributed by atoms with E-state index in [-0.39, 0.29) is 5.56 Å². The van der Waals surface area contributed by atoms with Crippen molar-refractivity contribution < 1.29 is 4.74 Å². The SMILES string of the molecule is CCCc1nc(-c2cc(C)ccc2OC)c(C)c(=O)[nH]1. The summed E-state index contributed by atoms with van der Waals surface area (Å²) in [6, 6.07) is 5.90. The van der Waals surface area contributed by atoms with Gasteiger partial charge in [-0.05, 0) is 32.4 Å². The highest BCUT2D eigenvalue weighted by atomic mass is 16.5. The topological polar surface area (TPSA) is 55.0 Å². The van der Waals surface area contributed by atoms with Crippen molar-refractivity contribution in [2.45, 2.75) is 33.6 Å². The molecule has 0 spiro atoms. The third-order valence-electron chi connectivity index (χ3n) is 3.30. The molecule has 4 nitrogen and oxygen atoms in total. The maximum absolute atomic E-state index is 12.1. The number of H-pyrrole nitrogens is 1. The fourth-order valence-corrected chi connectivity index (χ4v) is 2.20. The second-order valence-corrected chi connectivity index (χ2v) is 4.94. The number of benzene rings is 1. The summed E-state index contributed by atoms with van der Waals surface area (Å²) in [6.45, 7) is 5.86. The van der Waals surface area contributed by atoms with Crippen LogP contribution in [0.1, 0.15) is 30.3 Å². The number of hydrogen-bond donors (Lipinski definition) is 1. The van der Waals surface area contributed by atoms with E-state index in [1.807, 2.05) is 25.1 Å². The van der Waals surface area contributed by atoms with Gasteiger partial charge in [-0.2, -0.15) is 0 Å². The molecule has 1 aromatic carbocycles. The molecule has 0 unspecified atom stereocenters. The number of nitrogens with one attached hydrogen (secondary N) is 1. The third-order valence-corrected chi connectivity index (χ3v) is 3.30.